The van der Waals surface area contributed by atoms with Gasteiger partial charge in [0.15, 0.2) is 0 Å². The average molecular weight is 297 g/mol. The Labute approximate surface area is 125 Å². The number of amides is 1. The highest BCUT2D eigenvalue weighted by atomic mass is 35.5. The molecular weight excluding hydrogens is 276 g/mol. The van der Waals surface area contributed by atoms with Gasteiger partial charge < -0.3 is 15.6 Å². The molecule has 2 aromatic rings. The number of nitrogens with zero attached hydrogens (tertiary/aromatic N) is 2. The first-order valence-electron chi connectivity index (χ1n) is 6.55. The van der Waals surface area contributed by atoms with Gasteiger partial charge in [0.2, 0.25) is 5.91 Å². The molecule has 0 spiro atoms. The Hall–Kier alpha value is -1.59. The van der Waals surface area contributed by atoms with E-state index < -0.39 is 6.04 Å². The van der Waals surface area contributed by atoms with E-state index in [0.29, 0.717) is 0 Å². The number of hydrogen-bond acceptors (Lipinski definition) is 3. The van der Waals surface area contributed by atoms with Gasteiger partial charge in [-0.15, -0.1) is 12.4 Å². The van der Waals surface area contributed by atoms with E-state index in [4.69, 9.17) is 5.73 Å². The lowest BCUT2D eigenvalue weighted by atomic mass is 10.2. The lowest BCUT2D eigenvalue weighted by Gasteiger charge is -2.16. The van der Waals surface area contributed by atoms with Crippen LogP contribution in [-0.2, 0) is 11.3 Å². The predicted octanol–water partition coefficient (Wildman–Crippen LogP) is 2.00. The average Bonchev–Trinajstić information content (AvgIpc) is 2.76. The Morgan fingerprint density at radius 3 is 2.65 bits per heavy atom. The van der Waals surface area contributed by atoms with E-state index in [9.17, 15) is 4.79 Å². The highest BCUT2D eigenvalue weighted by Gasteiger charge is 2.18. The third-order valence-electron chi connectivity index (χ3n) is 3.16. The molecule has 2 atom stereocenters. The molecule has 0 saturated heterocycles. The molecule has 5 nitrogen and oxygen atoms in total. The van der Waals surface area contributed by atoms with E-state index in [1.54, 1.807) is 6.92 Å². The summed E-state index contributed by atoms with van der Waals surface area (Å²) < 4.78 is 2.11. The Morgan fingerprint density at radius 2 is 2.05 bits per heavy atom. The van der Waals surface area contributed by atoms with E-state index in [2.05, 4.69) is 21.8 Å². The number of halogens is 1. The van der Waals surface area contributed by atoms with Crippen LogP contribution in [0.25, 0.3) is 11.0 Å². The summed E-state index contributed by atoms with van der Waals surface area (Å²) in [5.41, 5.74) is 7.60. The van der Waals surface area contributed by atoms with Crippen molar-refractivity contribution in [1.29, 1.82) is 0 Å². The van der Waals surface area contributed by atoms with Crippen LogP contribution in [0.2, 0.25) is 0 Å². The molecular formula is C14H21ClN4O. The minimum absolute atomic E-state index is 0. The molecule has 0 aliphatic rings. The molecule has 1 aromatic carbocycles. The number of rotatable bonds is 4. The molecule has 1 heterocycles. The number of para-hydroxylation sites is 2. The Balaban J connectivity index is 0.00000200. The number of benzene rings is 1. The minimum atomic E-state index is -0.512. The molecule has 110 valence electrons. The Kier molecular flexibility index (Phi) is 5.53. The van der Waals surface area contributed by atoms with Crippen molar-refractivity contribution < 1.29 is 4.79 Å². The number of carbonyl (C=O) groups is 1. The third-order valence-corrected chi connectivity index (χ3v) is 3.16. The van der Waals surface area contributed by atoms with Crippen molar-refractivity contribution in [2.75, 3.05) is 0 Å². The number of aromatic nitrogens is 2. The summed E-state index contributed by atoms with van der Waals surface area (Å²) in [4.78, 5) is 16.3. The molecule has 0 bridgehead atoms. The second-order valence-corrected chi connectivity index (χ2v) is 4.72. The van der Waals surface area contributed by atoms with E-state index >= 15 is 0 Å². The summed E-state index contributed by atoms with van der Waals surface area (Å²) in [5.74, 6) is 0.694. The number of hydrogen-bond donors (Lipinski definition) is 2. The van der Waals surface area contributed by atoms with Crippen molar-refractivity contribution in [2.45, 2.75) is 39.4 Å². The number of carbonyl (C=O) groups excluding carboxylic acids is 1. The van der Waals surface area contributed by atoms with Gasteiger partial charge in [-0.2, -0.15) is 0 Å². The third kappa shape index (κ3) is 3.11. The second kappa shape index (κ2) is 6.72. The summed E-state index contributed by atoms with van der Waals surface area (Å²) in [7, 11) is 0. The summed E-state index contributed by atoms with van der Waals surface area (Å²) in [5, 5.41) is 2.88. The van der Waals surface area contributed by atoms with Gasteiger partial charge in [0.25, 0.3) is 0 Å². The van der Waals surface area contributed by atoms with E-state index in [1.165, 1.54) is 0 Å². The molecule has 2 unspecified atom stereocenters. The van der Waals surface area contributed by atoms with Crippen molar-refractivity contribution in [1.82, 2.24) is 14.9 Å². The smallest absolute Gasteiger partial charge is 0.237 e. The Bertz CT molecular complexity index is 594. The Morgan fingerprint density at radius 1 is 1.40 bits per heavy atom. The maximum atomic E-state index is 11.7. The molecule has 0 aliphatic heterocycles. The van der Waals surface area contributed by atoms with E-state index in [1.807, 2.05) is 31.2 Å². The fourth-order valence-corrected chi connectivity index (χ4v) is 2.17. The number of nitrogens with one attached hydrogen (secondary N) is 1. The molecule has 1 aromatic heterocycles. The van der Waals surface area contributed by atoms with Crippen LogP contribution in [0.5, 0.6) is 0 Å². The summed E-state index contributed by atoms with van der Waals surface area (Å²) >= 11 is 0. The van der Waals surface area contributed by atoms with Crippen molar-refractivity contribution in [3.63, 3.8) is 0 Å². The lowest BCUT2D eigenvalue weighted by Crippen LogP contribution is -2.40. The molecule has 0 radical (unpaired) electrons. The van der Waals surface area contributed by atoms with Gasteiger partial charge in [0, 0.05) is 6.54 Å². The van der Waals surface area contributed by atoms with Crippen LogP contribution in [0.4, 0.5) is 0 Å². The van der Waals surface area contributed by atoms with Gasteiger partial charge in [0.05, 0.1) is 23.1 Å². The molecule has 20 heavy (non-hydrogen) atoms. The molecule has 0 fully saturated rings. The SMILES string of the molecule is CCn1c(C(C)NC(=O)C(C)N)nc2ccccc21.Cl. The standard InChI is InChI=1S/C14H20N4O.ClH/c1-4-18-12-8-6-5-7-11(12)17-13(18)10(3)16-14(19)9(2)15;/h5-10H,4,15H2,1-3H3,(H,16,19);1H. The maximum Gasteiger partial charge on any atom is 0.237 e. The number of nitrogens with two attached hydrogens (primary N) is 1. The summed E-state index contributed by atoms with van der Waals surface area (Å²) in [6.45, 7) is 6.48. The zero-order valence-corrected chi connectivity index (χ0v) is 12.8. The zero-order chi connectivity index (χ0) is 14.0. The van der Waals surface area contributed by atoms with Gasteiger partial charge in [-0.05, 0) is 32.9 Å². The lowest BCUT2D eigenvalue weighted by molar-refractivity contribution is -0.122. The first kappa shape index (κ1) is 16.5. The molecule has 3 N–H and O–H groups in total. The monoisotopic (exact) mass is 296 g/mol. The van der Waals surface area contributed by atoms with Crippen molar-refractivity contribution in [3.8, 4) is 0 Å². The highest BCUT2D eigenvalue weighted by Crippen LogP contribution is 2.20. The topological polar surface area (TPSA) is 72.9 Å². The molecule has 0 saturated carbocycles. The zero-order valence-electron chi connectivity index (χ0n) is 12.0. The maximum absolute atomic E-state index is 11.7. The van der Waals surface area contributed by atoms with Crippen molar-refractivity contribution in [3.05, 3.63) is 30.1 Å². The fraction of sp³-hybridized carbons (Fsp3) is 0.429. The largest absolute Gasteiger partial charge is 0.345 e. The quantitative estimate of drug-likeness (QED) is 0.906. The van der Waals surface area contributed by atoms with Gasteiger partial charge in [-0.25, -0.2) is 4.98 Å². The normalized spacial score (nSPS) is 13.6. The fourth-order valence-electron chi connectivity index (χ4n) is 2.17. The number of fused-ring (bicyclic) bond motifs is 1. The van der Waals surface area contributed by atoms with Gasteiger partial charge in [0.1, 0.15) is 5.82 Å². The van der Waals surface area contributed by atoms with E-state index in [-0.39, 0.29) is 24.4 Å². The predicted molar refractivity (Wildman–Crippen MR) is 82.9 cm³/mol. The van der Waals surface area contributed by atoms with Gasteiger partial charge in [-0.1, -0.05) is 12.1 Å². The number of imidazole rings is 1. The van der Waals surface area contributed by atoms with Crippen LogP contribution in [0.3, 0.4) is 0 Å². The number of aryl methyl sites for hydroxylation is 1. The first-order valence-corrected chi connectivity index (χ1v) is 6.55. The first-order chi connectivity index (χ1) is 9.04. The van der Waals surface area contributed by atoms with Crippen LogP contribution >= 0.6 is 12.4 Å². The van der Waals surface area contributed by atoms with Crippen molar-refractivity contribution in [2.24, 2.45) is 5.73 Å². The van der Waals surface area contributed by atoms with E-state index in [0.717, 1.165) is 23.4 Å². The van der Waals surface area contributed by atoms with Crippen LogP contribution in [0.15, 0.2) is 24.3 Å². The van der Waals surface area contributed by atoms with Gasteiger partial charge >= 0.3 is 0 Å². The van der Waals surface area contributed by atoms with Crippen LogP contribution < -0.4 is 11.1 Å². The summed E-state index contributed by atoms with van der Waals surface area (Å²) in [6.07, 6.45) is 0. The van der Waals surface area contributed by atoms with Gasteiger partial charge in [-0.3, -0.25) is 4.79 Å². The molecule has 0 aliphatic carbocycles. The van der Waals surface area contributed by atoms with Crippen LogP contribution in [0, 0.1) is 0 Å². The molecule has 1 amide bonds. The van der Waals surface area contributed by atoms with Crippen LogP contribution in [0.1, 0.15) is 32.6 Å². The van der Waals surface area contributed by atoms with Crippen LogP contribution in [-0.4, -0.2) is 21.5 Å². The molecule has 6 heteroatoms. The van der Waals surface area contributed by atoms with Crippen molar-refractivity contribution >= 4 is 29.3 Å². The second-order valence-electron chi connectivity index (χ2n) is 4.72. The minimum Gasteiger partial charge on any atom is -0.345 e. The molecule has 2 rings (SSSR count). The highest BCUT2D eigenvalue weighted by molar-refractivity contribution is 5.85. The summed E-state index contributed by atoms with van der Waals surface area (Å²) in [6, 6.07) is 7.29.